The number of methoxy groups -OCH3 is 1. The summed E-state index contributed by atoms with van der Waals surface area (Å²) in [5, 5.41) is 14.1. The normalized spacial score (nSPS) is 23.6. The Labute approximate surface area is 258 Å². The van der Waals surface area contributed by atoms with E-state index in [0.29, 0.717) is 6.04 Å². The zero-order valence-corrected chi connectivity index (χ0v) is 28.1. The quantitative estimate of drug-likeness (QED) is 0.126. The Kier molecular flexibility index (Phi) is 13.1. The maximum atomic E-state index is 13.2. The first-order valence-corrected chi connectivity index (χ1v) is 19.1. The molecule has 1 fully saturated rings. The molecule has 2 N–H and O–H groups in total. The first-order chi connectivity index (χ1) is 20.3. The Hall–Kier alpha value is -2.89. The van der Waals surface area contributed by atoms with Crippen LogP contribution in [0.1, 0.15) is 32.8 Å². The number of aliphatic hydroxyl groups excluding tert-OH is 1. The van der Waals surface area contributed by atoms with Crippen molar-refractivity contribution in [3.63, 3.8) is 0 Å². The highest BCUT2D eigenvalue weighted by atomic mass is 32.2. The summed E-state index contributed by atoms with van der Waals surface area (Å²) >= 11 is 0. The lowest BCUT2D eigenvalue weighted by Crippen LogP contribution is -2.69. The van der Waals surface area contributed by atoms with Gasteiger partial charge in [-0.25, -0.2) is 4.79 Å². The number of aliphatic hydroxyl groups is 1. The number of carbonyl (C=O) groups excluding carboxylic acids is 4. The molecule has 1 heterocycles. The molecule has 0 bridgehead atoms. The van der Waals surface area contributed by atoms with Crippen LogP contribution in [0.5, 0.6) is 0 Å². The molecule has 0 saturated carbocycles. The molecule has 1 aliphatic heterocycles. The number of hydrogen-bond acceptors (Lipinski definition) is 13. The van der Waals surface area contributed by atoms with Gasteiger partial charge in [0, 0.05) is 35.5 Å². The fourth-order valence-electron chi connectivity index (χ4n) is 4.48. The molecule has 2 rings (SSSR count). The van der Waals surface area contributed by atoms with Crippen molar-refractivity contribution >= 4 is 42.0 Å². The summed E-state index contributed by atoms with van der Waals surface area (Å²) in [4.78, 5) is 49.4. The maximum Gasteiger partial charge on any atom is 0.366 e. The summed E-state index contributed by atoms with van der Waals surface area (Å²) in [5.41, 5.74) is 0.805. The summed E-state index contributed by atoms with van der Waals surface area (Å²) in [6.07, 6.45) is -7.05. The standard InChI is InChI=1S/C28H43NO13SSi/c1-17-9-11-21(12-10-17)43(35,36)39-16-23(41-20(4)32)25(33)26-24(29-18(2)30)22(40-19(3)31)15-28(42-26,27(34)37-5)38-13-14-44(6,7)8/h9-12,22-26,33H,13-16H2,1-8H3,(H,29,30)/t22-,23+,24+,25+,26+,28+/m0/s1. The highest BCUT2D eigenvalue weighted by molar-refractivity contribution is 7.86. The van der Waals surface area contributed by atoms with Crippen LogP contribution in [0.15, 0.2) is 29.2 Å². The third-order valence-corrected chi connectivity index (χ3v) is 9.65. The van der Waals surface area contributed by atoms with E-state index in [1.54, 1.807) is 19.1 Å². The van der Waals surface area contributed by atoms with Crippen molar-refractivity contribution in [3.8, 4) is 0 Å². The van der Waals surface area contributed by atoms with Gasteiger partial charge in [-0.1, -0.05) is 37.3 Å². The molecular weight excluding hydrogens is 618 g/mol. The van der Waals surface area contributed by atoms with Crippen LogP contribution < -0.4 is 5.32 Å². The van der Waals surface area contributed by atoms with Crippen molar-refractivity contribution in [2.24, 2.45) is 0 Å². The van der Waals surface area contributed by atoms with Crippen LogP contribution in [0.25, 0.3) is 0 Å². The summed E-state index contributed by atoms with van der Waals surface area (Å²) in [6.45, 7) is 10.5. The lowest BCUT2D eigenvalue weighted by atomic mass is 9.88. The highest BCUT2D eigenvalue weighted by Crippen LogP contribution is 2.36. The first kappa shape index (κ1) is 37.3. The zero-order chi connectivity index (χ0) is 33.5. The Morgan fingerprint density at radius 1 is 1.09 bits per heavy atom. The van der Waals surface area contributed by atoms with Crippen molar-refractivity contribution in [3.05, 3.63) is 29.8 Å². The smallest absolute Gasteiger partial charge is 0.366 e. The van der Waals surface area contributed by atoms with E-state index in [9.17, 15) is 32.7 Å². The number of rotatable bonds is 14. The second-order valence-corrected chi connectivity index (χ2v) is 19.0. The number of ether oxygens (including phenoxy) is 5. The van der Waals surface area contributed by atoms with Crippen molar-refractivity contribution in [1.82, 2.24) is 5.32 Å². The second-order valence-electron chi connectivity index (χ2n) is 11.8. The molecule has 14 nitrogen and oxygen atoms in total. The number of esters is 3. The summed E-state index contributed by atoms with van der Waals surface area (Å²) in [5.74, 6) is -5.51. The van der Waals surface area contributed by atoms with Gasteiger partial charge in [-0.3, -0.25) is 18.6 Å². The fraction of sp³-hybridized carbons (Fsp3) is 0.643. The van der Waals surface area contributed by atoms with Crippen LogP contribution in [0.2, 0.25) is 25.7 Å². The molecule has 1 aliphatic rings. The molecule has 248 valence electrons. The number of aryl methyl sites for hydroxylation is 1. The Balaban J connectivity index is 2.55. The van der Waals surface area contributed by atoms with Gasteiger partial charge in [-0.15, -0.1) is 0 Å². The first-order valence-electron chi connectivity index (χ1n) is 14.0. The van der Waals surface area contributed by atoms with E-state index in [1.807, 2.05) is 0 Å². The van der Waals surface area contributed by atoms with E-state index < -0.39 is 91.3 Å². The molecule has 1 saturated heterocycles. The Morgan fingerprint density at radius 2 is 1.70 bits per heavy atom. The molecule has 16 heteroatoms. The predicted octanol–water partition coefficient (Wildman–Crippen LogP) is 1.44. The summed E-state index contributed by atoms with van der Waals surface area (Å²) in [7, 11) is -4.97. The minimum Gasteiger partial charge on any atom is -0.465 e. The average Bonchev–Trinajstić information content (AvgIpc) is 2.90. The predicted molar refractivity (Wildman–Crippen MR) is 157 cm³/mol. The van der Waals surface area contributed by atoms with E-state index in [2.05, 4.69) is 25.0 Å². The number of nitrogens with one attached hydrogen (secondary N) is 1. The molecule has 0 aromatic heterocycles. The fourth-order valence-corrected chi connectivity index (χ4v) is 6.12. The van der Waals surface area contributed by atoms with E-state index in [-0.39, 0.29) is 11.5 Å². The van der Waals surface area contributed by atoms with E-state index >= 15 is 0 Å². The number of amides is 1. The molecule has 0 spiro atoms. The Bertz CT molecular complexity index is 1280. The topological polar surface area (TPSA) is 190 Å². The monoisotopic (exact) mass is 661 g/mol. The number of benzene rings is 1. The van der Waals surface area contributed by atoms with Gasteiger partial charge in [-0.05, 0) is 25.1 Å². The average molecular weight is 662 g/mol. The summed E-state index contributed by atoms with van der Waals surface area (Å²) < 4.78 is 58.6. The zero-order valence-electron chi connectivity index (χ0n) is 26.3. The molecule has 44 heavy (non-hydrogen) atoms. The molecule has 0 radical (unpaired) electrons. The largest absolute Gasteiger partial charge is 0.465 e. The Morgan fingerprint density at radius 3 is 2.20 bits per heavy atom. The van der Waals surface area contributed by atoms with Crippen molar-refractivity contribution in [2.45, 2.75) is 101 Å². The molecule has 1 aromatic rings. The third kappa shape index (κ3) is 10.6. The second kappa shape index (κ2) is 15.4. The number of hydrogen-bond donors (Lipinski definition) is 2. The van der Waals surface area contributed by atoms with Gasteiger partial charge >= 0.3 is 17.9 Å². The molecule has 0 unspecified atom stereocenters. The van der Waals surface area contributed by atoms with E-state index in [4.69, 9.17) is 27.9 Å². The number of carbonyl (C=O) groups is 4. The van der Waals surface area contributed by atoms with Crippen LogP contribution in [0.4, 0.5) is 0 Å². The molecule has 1 aromatic carbocycles. The van der Waals surface area contributed by atoms with Gasteiger partial charge in [-0.2, -0.15) is 8.42 Å². The maximum absolute atomic E-state index is 13.2. The highest BCUT2D eigenvalue weighted by Gasteiger charge is 2.58. The van der Waals surface area contributed by atoms with Crippen LogP contribution >= 0.6 is 0 Å². The molecular formula is C28H43NO13SSi. The van der Waals surface area contributed by atoms with Crippen LogP contribution in [0, 0.1) is 6.92 Å². The van der Waals surface area contributed by atoms with Crippen LogP contribution in [0.3, 0.4) is 0 Å². The summed E-state index contributed by atoms with van der Waals surface area (Å²) in [6, 6.07) is 5.06. The van der Waals surface area contributed by atoms with Gasteiger partial charge in [0.1, 0.15) is 24.9 Å². The van der Waals surface area contributed by atoms with Crippen LogP contribution in [-0.2, 0) is 57.2 Å². The van der Waals surface area contributed by atoms with Crippen LogP contribution in [-0.4, -0.2) is 102 Å². The van der Waals surface area contributed by atoms with E-state index in [1.165, 1.54) is 19.1 Å². The van der Waals surface area contributed by atoms with Gasteiger partial charge in [0.15, 0.2) is 6.10 Å². The van der Waals surface area contributed by atoms with Crippen molar-refractivity contribution < 1.29 is 60.6 Å². The minimum absolute atomic E-state index is 0.0382. The lowest BCUT2D eigenvalue weighted by Gasteiger charge is -2.48. The third-order valence-electron chi connectivity index (χ3n) is 6.65. The van der Waals surface area contributed by atoms with Gasteiger partial charge in [0.05, 0.1) is 24.5 Å². The lowest BCUT2D eigenvalue weighted by molar-refractivity contribution is -0.312. The van der Waals surface area contributed by atoms with Gasteiger partial charge in [0.2, 0.25) is 5.91 Å². The van der Waals surface area contributed by atoms with Gasteiger partial charge < -0.3 is 34.1 Å². The minimum atomic E-state index is -4.37. The molecule has 0 aliphatic carbocycles. The molecule has 6 atom stereocenters. The van der Waals surface area contributed by atoms with Crippen molar-refractivity contribution in [1.29, 1.82) is 0 Å². The SMILES string of the molecule is COC(=O)[C@@]1(OCC[Si](C)(C)C)C[C@H](OC(C)=O)[C@@H](NC(C)=O)[C@H]([C@H](O)[C@@H](COS(=O)(=O)c2ccc(C)cc2)OC(C)=O)O1. The van der Waals surface area contributed by atoms with E-state index in [0.717, 1.165) is 26.5 Å². The molecule has 1 amide bonds. The van der Waals surface area contributed by atoms with Crippen molar-refractivity contribution in [2.75, 3.05) is 20.3 Å². The van der Waals surface area contributed by atoms with Gasteiger partial charge in [0.25, 0.3) is 15.9 Å².